The number of carbonyl (C=O) groups is 2. The lowest BCUT2D eigenvalue weighted by atomic mass is 9.97. The smallest absolute Gasteiger partial charge is 0.232 e. The Kier molecular flexibility index (Phi) is 5.79. The summed E-state index contributed by atoms with van der Waals surface area (Å²) in [6.45, 7) is 6.11. The molecule has 1 atom stereocenters. The van der Waals surface area contributed by atoms with Gasteiger partial charge in [0.1, 0.15) is 11.4 Å². The fraction of sp³-hybridized carbons (Fsp3) is 0.280. The number of benzene rings is 2. The van der Waals surface area contributed by atoms with Gasteiger partial charge in [-0.3, -0.25) is 9.59 Å². The van der Waals surface area contributed by atoms with Crippen LogP contribution in [-0.4, -0.2) is 28.6 Å². The minimum Gasteiger partial charge on any atom is -0.493 e. The van der Waals surface area contributed by atoms with Gasteiger partial charge in [0.2, 0.25) is 11.8 Å². The van der Waals surface area contributed by atoms with Crippen molar-refractivity contribution < 1.29 is 18.8 Å². The summed E-state index contributed by atoms with van der Waals surface area (Å²) in [5.74, 6) is 0.480. The van der Waals surface area contributed by atoms with Crippen LogP contribution in [-0.2, 0) is 16.0 Å². The van der Waals surface area contributed by atoms with E-state index in [2.05, 4.69) is 20.8 Å². The van der Waals surface area contributed by atoms with Gasteiger partial charge in [-0.15, -0.1) is 11.3 Å². The first kappa shape index (κ1) is 22.1. The van der Waals surface area contributed by atoms with E-state index in [1.54, 1.807) is 0 Å². The van der Waals surface area contributed by atoms with Crippen molar-refractivity contribution in [1.82, 2.24) is 15.5 Å². The highest BCUT2D eigenvalue weighted by Gasteiger charge is 2.23. The lowest BCUT2D eigenvalue weighted by molar-refractivity contribution is -0.120. The number of amides is 2. The number of thiazole rings is 1. The number of rotatable bonds is 5. The largest absolute Gasteiger partial charge is 0.493 e. The number of aromatic nitrogens is 2. The van der Waals surface area contributed by atoms with E-state index in [-0.39, 0.29) is 24.3 Å². The van der Waals surface area contributed by atoms with Crippen LogP contribution in [0.3, 0.4) is 0 Å². The second-order valence-corrected chi connectivity index (χ2v) is 9.33. The molecule has 0 fully saturated rings. The van der Waals surface area contributed by atoms with Crippen LogP contribution in [0.15, 0.2) is 40.2 Å². The molecule has 0 saturated heterocycles. The Hall–Kier alpha value is -3.72. The molecule has 5 rings (SSSR count). The van der Waals surface area contributed by atoms with Crippen LogP contribution in [0.5, 0.6) is 5.75 Å². The maximum absolute atomic E-state index is 12.7. The van der Waals surface area contributed by atoms with Gasteiger partial charge in [-0.2, -0.15) is 0 Å². The van der Waals surface area contributed by atoms with Crippen molar-refractivity contribution in [3.8, 4) is 17.0 Å². The maximum atomic E-state index is 12.7. The quantitative estimate of drug-likeness (QED) is 0.432. The number of ether oxygens (including phenoxy) is 1. The first-order valence-electron chi connectivity index (χ1n) is 11.0. The number of hydrogen-bond acceptors (Lipinski definition) is 7. The maximum Gasteiger partial charge on any atom is 0.232 e. The zero-order valence-corrected chi connectivity index (χ0v) is 19.9. The molecule has 2 aromatic carbocycles. The highest BCUT2D eigenvalue weighted by Crippen LogP contribution is 2.36. The predicted octanol–water partition coefficient (Wildman–Crippen LogP) is 4.71. The van der Waals surface area contributed by atoms with Gasteiger partial charge in [-0.05, 0) is 55.3 Å². The summed E-state index contributed by atoms with van der Waals surface area (Å²) in [5.41, 5.74) is 6.09. The van der Waals surface area contributed by atoms with Crippen LogP contribution in [0.1, 0.15) is 41.8 Å². The van der Waals surface area contributed by atoms with Crippen LogP contribution in [0.25, 0.3) is 22.2 Å². The van der Waals surface area contributed by atoms with Gasteiger partial charge >= 0.3 is 0 Å². The normalized spacial score (nSPS) is 15.0. The molecule has 34 heavy (non-hydrogen) atoms. The summed E-state index contributed by atoms with van der Waals surface area (Å²) in [4.78, 5) is 28.8. The van der Waals surface area contributed by atoms with E-state index in [9.17, 15) is 9.59 Å². The summed E-state index contributed by atoms with van der Waals surface area (Å²) in [7, 11) is 0. The Morgan fingerprint density at radius 3 is 2.82 bits per heavy atom. The molecule has 174 valence electrons. The zero-order valence-electron chi connectivity index (χ0n) is 19.1. The van der Waals surface area contributed by atoms with Crippen molar-refractivity contribution in [2.24, 2.45) is 0 Å². The zero-order chi connectivity index (χ0) is 23.8. The minimum atomic E-state index is -0.209. The van der Waals surface area contributed by atoms with Crippen molar-refractivity contribution in [2.45, 2.75) is 39.7 Å². The van der Waals surface area contributed by atoms with Crippen LogP contribution < -0.4 is 15.4 Å². The number of carbonyl (C=O) groups excluding carboxylic acids is 2. The number of fused-ring (bicyclic) bond motifs is 2. The summed E-state index contributed by atoms with van der Waals surface area (Å²) in [6, 6.07) is 9.66. The first-order chi connectivity index (χ1) is 16.4. The summed E-state index contributed by atoms with van der Waals surface area (Å²) < 4.78 is 11.1. The molecule has 0 aliphatic carbocycles. The Bertz CT molecular complexity index is 1410. The Labute approximate surface area is 200 Å². The van der Waals surface area contributed by atoms with E-state index < -0.39 is 0 Å². The Balaban J connectivity index is 1.31. The van der Waals surface area contributed by atoms with Crippen molar-refractivity contribution in [3.05, 3.63) is 58.1 Å². The fourth-order valence-electron chi connectivity index (χ4n) is 4.10. The molecule has 0 saturated carbocycles. The fourth-order valence-corrected chi connectivity index (χ4v) is 4.84. The lowest BCUT2D eigenvalue weighted by Crippen LogP contribution is -2.30. The summed E-state index contributed by atoms with van der Waals surface area (Å²) in [6.07, 6.45) is 0.809. The van der Waals surface area contributed by atoms with E-state index in [4.69, 9.17) is 9.26 Å². The molecule has 1 aliphatic rings. The second-order valence-electron chi connectivity index (χ2n) is 8.47. The molecule has 0 bridgehead atoms. The average molecular weight is 477 g/mol. The lowest BCUT2D eigenvalue weighted by Gasteiger charge is -2.26. The molecule has 9 heteroatoms. The Morgan fingerprint density at radius 1 is 1.18 bits per heavy atom. The molecule has 2 amide bonds. The van der Waals surface area contributed by atoms with Gasteiger partial charge in [-0.1, -0.05) is 5.16 Å². The standard InChI is InChI=1S/C25H24N4O4S/c1-13-8-17-20(29-33-23(17)9-14(13)2)11-24(31)28-25-27-21(12-34-25)16-4-5-22-18(10-16)19(6-7-32-22)26-15(3)30/h4-5,8-10,12,19H,6-7,11H2,1-3H3,(H,26,30)(H,27,28,31). The van der Waals surface area contributed by atoms with Gasteiger partial charge in [0.25, 0.3) is 0 Å². The highest BCUT2D eigenvalue weighted by molar-refractivity contribution is 7.14. The van der Waals surface area contributed by atoms with E-state index in [0.29, 0.717) is 29.4 Å². The molecule has 1 unspecified atom stereocenters. The second kappa shape index (κ2) is 8.90. The minimum absolute atomic E-state index is 0.0768. The van der Waals surface area contributed by atoms with Crippen LogP contribution in [0, 0.1) is 13.8 Å². The van der Waals surface area contributed by atoms with E-state index in [1.807, 2.05) is 49.6 Å². The van der Waals surface area contributed by atoms with Crippen LogP contribution in [0.4, 0.5) is 5.13 Å². The molecule has 2 aromatic heterocycles. The third-order valence-corrected chi connectivity index (χ3v) is 6.72. The molecule has 2 N–H and O–H groups in total. The third-order valence-electron chi connectivity index (χ3n) is 5.96. The molecule has 1 aliphatic heterocycles. The average Bonchev–Trinajstić information content (AvgIpc) is 3.41. The first-order valence-corrected chi connectivity index (χ1v) is 11.9. The van der Waals surface area contributed by atoms with Gasteiger partial charge in [0.05, 0.1) is 24.8 Å². The molecule has 8 nitrogen and oxygen atoms in total. The summed E-state index contributed by atoms with van der Waals surface area (Å²) in [5, 5.41) is 13.2. The van der Waals surface area contributed by atoms with Crippen LogP contribution in [0.2, 0.25) is 0 Å². The van der Waals surface area contributed by atoms with E-state index in [1.165, 1.54) is 18.3 Å². The van der Waals surface area contributed by atoms with Crippen LogP contribution >= 0.6 is 11.3 Å². The molecule has 3 heterocycles. The van der Waals surface area contributed by atoms with E-state index in [0.717, 1.165) is 39.1 Å². The number of nitrogens with zero attached hydrogens (tertiary/aromatic N) is 2. The molecular weight excluding hydrogens is 452 g/mol. The van der Waals surface area contributed by atoms with Gasteiger partial charge in [0, 0.05) is 35.2 Å². The molecular formula is C25H24N4O4S. The number of hydrogen-bond donors (Lipinski definition) is 2. The van der Waals surface area contributed by atoms with Crippen molar-refractivity contribution >= 4 is 39.3 Å². The monoisotopic (exact) mass is 476 g/mol. The SMILES string of the molecule is CC(=O)NC1CCOc2ccc(-c3csc(NC(=O)Cc4noc5cc(C)c(C)cc45)n3)cc21. The third kappa shape index (κ3) is 4.38. The molecule has 0 spiro atoms. The predicted molar refractivity (Wildman–Crippen MR) is 130 cm³/mol. The number of anilines is 1. The molecule has 4 aromatic rings. The van der Waals surface area contributed by atoms with Crippen molar-refractivity contribution in [2.75, 3.05) is 11.9 Å². The van der Waals surface area contributed by atoms with Crippen molar-refractivity contribution in [3.63, 3.8) is 0 Å². The van der Waals surface area contributed by atoms with Gasteiger partial charge in [-0.25, -0.2) is 4.98 Å². The molecule has 0 radical (unpaired) electrons. The Morgan fingerprint density at radius 2 is 2.00 bits per heavy atom. The number of nitrogens with one attached hydrogen (secondary N) is 2. The highest BCUT2D eigenvalue weighted by atomic mass is 32.1. The van der Waals surface area contributed by atoms with Gasteiger partial charge < -0.3 is 19.9 Å². The van der Waals surface area contributed by atoms with Crippen molar-refractivity contribution in [1.29, 1.82) is 0 Å². The number of aryl methyl sites for hydroxylation is 2. The topological polar surface area (TPSA) is 106 Å². The van der Waals surface area contributed by atoms with E-state index >= 15 is 0 Å². The van der Waals surface area contributed by atoms with Gasteiger partial charge in [0.15, 0.2) is 10.7 Å². The summed E-state index contributed by atoms with van der Waals surface area (Å²) >= 11 is 1.35.